The molecule has 0 atom stereocenters. The van der Waals surface area contributed by atoms with Crippen LogP contribution in [0.4, 0.5) is 5.69 Å². The van der Waals surface area contributed by atoms with Crippen molar-refractivity contribution in [3.8, 4) is 6.07 Å². The molecule has 0 aliphatic heterocycles. The standard InChI is InChI=1S/C13H17N3O4S/c1-9(2)16(7-3-6-14)21(19,20)12-8-10(15)4-5-11(12)13(17)18/h4-5,8-9H,3,7,15H2,1-2H3,(H,17,18). The van der Waals surface area contributed by atoms with E-state index in [0.717, 1.165) is 16.4 Å². The molecule has 1 rings (SSSR count). The highest BCUT2D eigenvalue weighted by Gasteiger charge is 2.30. The summed E-state index contributed by atoms with van der Waals surface area (Å²) < 4.78 is 26.4. The van der Waals surface area contributed by atoms with Crippen LogP contribution in [0.5, 0.6) is 0 Å². The maximum absolute atomic E-state index is 12.7. The van der Waals surface area contributed by atoms with Crippen LogP contribution >= 0.6 is 0 Å². The Morgan fingerprint density at radius 1 is 1.48 bits per heavy atom. The van der Waals surface area contributed by atoms with Crippen molar-refractivity contribution in [1.82, 2.24) is 4.31 Å². The molecule has 0 saturated heterocycles. The third-order valence-electron chi connectivity index (χ3n) is 2.84. The van der Waals surface area contributed by atoms with Crippen LogP contribution in [0, 0.1) is 11.3 Å². The minimum atomic E-state index is -4.05. The monoisotopic (exact) mass is 311 g/mol. The molecule has 7 nitrogen and oxygen atoms in total. The molecule has 0 unspecified atom stereocenters. The normalized spacial score (nSPS) is 11.6. The third kappa shape index (κ3) is 3.71. The van der Waals surface area contributed by atoms with Crippen molar-refractivity contribution in [2.45, 2.75) is 31.2 Å². The Bertz CT molecular complexity index is 677. The van der Waals surface area contributed by atoms with Gasteiger partial charge in [0.1, 0.15) is 0 Å². The van der Waals surface area contributed by atoms with Gasteiger partial charge in [0.25, 0.3) is 0 Å². The van der Waals surface area contributed by atoms with Crippen molar-refractivity contribution < 1.29 is 18.3 Å². The van der Waals surface area contributed by atoms with Crippen molar-refractivity contribution in [3.05, 3.63) is 23.8 Å². The molecule has 0 aliphatic rings. The summed E-state index contributed by atoms with van der Waals surface area (Å²) in [5.41, 5.74) is 5.39. The number of anilines is 1. The average molecular weight is 311 g/mol. The van der Waals surface area contributed by atoms with Gasteiger partial charge in [0, 0.05) is 24.7 Å². The SMILES string of the molecule is CC(C)N(CCC#N)S(=O)(=O)c1cc(N)ccc1C(=O)O. The molecule has 0 heterocycles. The maximum atomic E-state index is 12.7. The first-order valence-electron chi connectivity index (χ1n) is 6.23. The smallest absolute Gasteiger partial charge is 0.337 e. The summed E-state index contributed by atoms with van der Waals surface area (Å²) in [4.78, 5) is 10.9. The van der Waals surface area contributed by atoms with Gasteiger partial charge >= 0.3 is 5.97 Å². The van der Waals surface area contributed by atoms with Crippen LogP contribution in [-0.2, 0) is 10.0 Å². The predicted octanol–water partition coefficient (Wildman–Crippen LogP) is 1.28. The number of nitrogen functional groups attached to an aromatic ring is 1. The number of carboxylic acids is 1. The zero-order valence-corrected chi connectivity index (χ0v) is 12.6. The van der Waals surface area contributed by atoms with E-state index in [9.17, 15) is 13.2 Å². The molecule has 8 heteroatoms. The van der Waals surface area contributed by atoms with Gasteiger partial charge in [-0.05, 0) is 32.0 Å². The highest BCUT2D eigenvalue weighted by Crippen LogP contribution is 2.24. The number of carboxylic acid groups (broad SMARTS) is 1. The molecule has 0 aliphatic carbocycles. The fraction of sp³-hybridized carbons (Fsp3) is 0.385. The zero-order chi connectivity index (χ0) is 16.2. The molecule has 0 radical (unpaired) electrons. The Morgan fingerprint density at radius 2 is 2.10 bits per heavy atom. The van der Waals surface area contributed by atoms with Gasteiger partial charge in [-0.3, -0.25) is 0 Å². The minimum Gasteiger partial charge on any atom is -0.478 e. The van der Waals surface area contributed by atoms with Crippen molar-refractivity contribution in [2.24, 2.45) is 0 Å². The topological polar surface area (TPSA) is 124 Å². The summed E-state index contributed by atoms with van der Waals surface area (Å²) in [5.74, 6) is -1.35. The van der Waals surface area contributed by atoms with Gasteiger partial charge < -0.3 is 10.8 Å². The predicted molar refractivity (Wildman–Crippen MR) is 77.1 cm³/mol. The number of benzene rings is 1. The summed E-state index contributed by atoms with van der Waals surface area (Å²) in [6.45, 7) is 3.30. The summed E-state index contributed by atoms with van der Waals surface area (Å²) in [5, 5.41) is 17.8. The van der Waals surface area contributed by atoms with Crippen LogP contribution < -0.4 is 5.73 Å². The van der Waals surface area contributed by atoms with Crippen LogP contribution in [0.2, 0.25) is 0 Å². The van der Waals surface area contributed by atoms with Crippen LogP contribution in [0.1, 0.15) is 30.6 Å². The lowest BCUT2D eigenvalue weighted by Crippen LogP contribution is -2.38. The summed E-state index contributed by atoms with van der Waals surface area (Å²) >= 11 is 0. The number of nitrogens with two attached hydrogens (primary N) is 1. The van der Waals surface area contributed by atoms with Crippen molar-refractivity contribution in [1.29, 1.82) is 5.26 Å². The Hall–Kier alpha value is -2.11. The summed E-state index contributed by atoms with van der Waals surface area (Å²) in [6.07, 6.45) is 0.0160. The number of aromatic carboxylic acids is 1. The quantitative estimate of drug-likeness (QED) is 0.762. The second-order valence-electron chi connectivity index (χ2n) is 4.68. The lowest BCUT2D eigenvalue weighted by atomic mass is 10.2. The van der Waals surface area contributed by atoms with Crippen molar-refractivity contribution in [3.63, 3.8) is 0 Å². The van der Waals surface area contributed by atoms with Crippen LogP contribution in [0.15, 0.2) is 23.1 Å². The molecular formula is C13H17N3O4S. The lowest BCUT2D eigenvalue weighted by Gasteiger charge is -2.25. The fourth-order valence-corrected chi connectivity index (χ4v) is 3.73. The van der Waals surface area contributed by atoms with Crippen LogP contribution in [0.3, 0.4) is 0 Å². The molecule has 0 fully saturated rings. The van der Waals surface area contributed by atoms with E-state index in [1.807, 2.05) is 6.07 Å². The number of rotatable bonds is 6. The summed E-state index contributed by atoms with van der Waals surface area (Å²) in [7, 11) is -4.05. The number of sulfonamides is 1. The van der Waals surface area contributed by atoms with Gasteiger partial charge in [0.2, 0.25) is 10.0 Å². The number of nitriles is 1. The van der Waals surface area contributed by atoms with E-state index in [1.165, 1.54) is 6.07 Å². The first kappa shape index (κ1) is 16.9. The van der Waals surface area contributed by atoms with E-state index >= 15 is 0 Å². The largest absolute Gasteiger partial charge is 0.478 e. The fourth-order valence-electron chi connectivity index (χ4n) is 1.87. The van der Waals surface area contributed by atoms with Gasteiger partial charge in [-0.15, -0.1) is 0 Å². The number of nitrogens with zero attached hydrogens (tertiary/aromatic N) is 2. The van der Waals surface area contributed by atoms with Crippen LogP contribution in [-0.4, -0.2) is 36.4 Å². The number of hydrogen-bond acceptors (Lipinski definition) is 5. The van der Waals surface area contributed by atoms with Crippen LogP contribution in [0.25, 0.3) is 0 Å². The van der Waals surface area contributed by atoms with E-state index in [2.05, 4.69) is 0 Å². The molecule has 0 aromatic heterocycles. The molecule has 114 valence electrons. The van der Waals surface area contributed by atoms with Crippen molar-refractivity contribution >= 4 is 21.7 Å². The van der Waals surface area contributed by atoms with Gasteiger partial charge in [0.15, 0.2) is 0 Å². The number of hydrogen-bond donors (Lipinski definition) is 2. The molecular weight excluding hydrogens is 294 g/mol. The second kappa shape index (κ2) is 6.56. The Morgan fingerprint density at radius 3 is 2.57 bits per heavy atom. The minimum absolute atomic E-state index is 0.00957. The average Bonchev–Trinajstić information content (AvgIpc) is 2.38. The van der Waals surface area contributed by atoms with Gasteiger partial charge in [-0.1, -0.05) is 0 Å². The van der Waals surface area contributed by atoms with E-state index in [0.29, 0.717) is 0 Å². The number of carbonyl (C=O) groups is 1. The molecule has 0 spiro atoms. The Balaban J connectivity index is 3.44. The summed E-state index contributed by atoms with van der Waals surface area (Å²) in [6, 6.07) is 5.08. The Labute approximate surface area is 123 Å². The highest BCUT2D eigenvalue weighted by atomic mass is 32.2. The van der Waals surface area contributed by atoms with E-state index in [4.69, 9.17) is 16.1 Å². The maximum Gasteiger partial charge on any atom is 0.337 e. The lowest BCUT2D eigenvalue weighted by molar-refractivity contribution is 0.0692. The Kier molecular flexibility index (Phi) is 5.29. The molecule has 0 amide bonds. The zero-order valence-electron chi connectivity index (χ0n) is 11.8. The van der Waals surface area contributed by atoms with E-state index < -0.39 is 22.0 Å². The van der Waals surface area contributed by atoms with Crippen molar-refractivity contribution in [2.75, 3.05) is 12.3 Å². The van der Waals surface area contributed by atoms with Gasteiger partial charge in [0.05, 0.1) is 16.5 Å². The van der Waals surface area contributed by atoms with Gasteiger partial charge in [-0.2, -0.15) is 9.57 Å². The van der Waals surface area contributed by atoms with E-state index in [-0.39, 0.29) is 29.1 Å². The molecule has 0 saturated carbocycles. The molecule has 21 heavy (non-hydrogen) atoms. The molecule has 3 N–H and O–H groups in total. The van der Waals surface area contributed by atoms with Gasteiger partial charge in [-0.25, -0.2) is 13.2 Å². The molecule has 1 aromatic rings. The third-order valence-corrected chi connectivity index (χ3v) is 4.96. The highest BCUT2D eigenvalue weighted by molar-refractivity contribution is 7.89. The second-order valence-corrected chi connectivity index (χ2v) is 6.54. The molecule has 1 aromatic carbocycles. The molecule has 0 bridgehead atoms. The van der Waals surface area contributed by atoms with E-state index in [1.54, 1.807) is 13.8 Å². The first-order valence-corrected chi connectivity index (χ1v) is 7.67. The first-order chi connectivity index (χ1) is 9.71.